The molecule has 0 atom stereocenters. The van der Waals surface area contributed by atoms with Crippen molar-refractivity contribution in [3.8, 4) is 34.5 Å². The SMILES string of the molecule is COc1c2cc(C(C)(C)C)cc1Cc1cc(C(C)(C)C)cc(c1OC)Cc1cc(C(C)(C)C)cc(c1OC)C(F)c1cc(C(C)(C)C)cc(c1OC)Cc1cc(C(C)(C)C)cc(c1OC)Cc1cc(C(C)(C)C)cc(c1OC)C2. The normalized spacial score (nSPS) is 14.1. The van der Waals surface area contributed by atoms with E-state index in [1.165, 1.54) is 22.3 Å². The zero-order valence-corrected chi connectivity index (χ0v) is 52.9. The fourth-order valence-corrected chi connectivity index (χ4v) is 11.5. The number of benzene rings is 6. The third kappa shape index (κ3) is 12.8. The molecular weight excluding hydrogens is 980 g/mol. The highest BCUT2D eigenvalue weighted by atomic mass is 19.1. The maximum atomic E-state index is 18.9. The fraction of sp³-hybridized carbons (Fsp3) is 0.500. The average molecular weight is 1080 g/mol. The quantitative estimate of drug-likeness (QED) is 0.166. The number of hydrogen-bond donors (Lipinski definition) is 0. The molecule has 0 heterocycles. The molecule has 7 heteroatoms. The zero-order valence-electron chi connectivity index (χ0n) is 52.9. The number of halogens is 1. The number of alkyl halides is 1. The van der Waals surface area contributed by atoms with E-state index in [2.05, 4.69) is 185 Å². The van der Waals surface area contributed by atoms with E-state index in [-0.39, 0.29) is 32.5 Å². The maximum absolute atomic E-state index is 18.9. The lowest BCUT2D eigenvalue weighted by molar-refractivity contribution is 0.342. The van der Waals surface area contributed by atoms with Crippen LogP contribution in [0.3, 0.4) is 0 Å². The van der Waals surface area contributed by atoms with E-state index in [4.69, 9.17) is 28.4 Å². The molecule has 0 fully saturated rings. The summed E-state index contributed by atoms with van der Waals surface area (Å²) >= 11 is 0. The summed E-state index contributed by atoms with van der Waals surface area (Å²) in [4.78, 5) is 0. The van der Waals surface area contributed by atoms with E-state index >= 15 is 4.39 Å². The van der Waals surface area contributed by atoms with Gasteiger partial charge in [-0.2, -0.15) is 0 Å². The molecule has 1 aliphatic rings. The van der Waals surface area contributed by atoms with E-state index in [1.54, 1.807) is 42.7 Å². The average Bonchev–Trinajstić information content (AvgIpc) is 3.34. The van der Waals surface area contributed by atoms with Crippen molar-refractivity contribution >= 4 is 0 Å². The molecule has 7 rings (SSSR count). The minimum Gasteiger partial charge on any atom is -0.496 e. The van der Waals surface area contributed by atoms with Gasteiger partial charge in [0.15, 0.2) is 6.17 Å². The van der Waals surface area contributed by atoms with Crippen LogP contribution in [0.25, 0.3) is 0 Å². The second-order valence-corrected chi connectivity index (χ2v) is 28.6. The Morgan fingerprint density at radius 3 is 0.532 bits per heavy atom. The van der Waals surface area contributed by atoms with Gasteiger partial charge >= 0.3 is 0 Å². The van der Waals surface area contributed by atoms with Crippen molar-refractivity contribution in [2.45, 2.75) is 195 Å². The molecule has 12 bridgehead atoms. The fourth-order valence-electron chi connectivity index (χ4n) is 11.5. The van der Waals surface area contributed by atoms with Gasteiger partial charge in [0.25, 0.3) is 0 Å². The summed E-state index contributed by atoms with van der Waals surface area (Å²) in [6, 6.07) is 26.9. The summed E-state index contributed by atoms with van der Waals surface area (Å²) in [6.45, 7) is 40.3. The maximum Gasteiger partial charge on any atom is 0.157 e. The predicted molar refractivity (Wildman–Crippen MR) is 327 cm³/mol. The van der Waals surface area contributed by atoms with E-state index in [0.29, 0.717) is 54.7 Å². The second kappa shape index (κ2) is 22.2. The molecule has 79 heavy (non-hydrogen) atoms. The lowest BCUT2D eigenvalue weighted by Gasteiger charge is -2.29. The van der Waals surface area contributed by atoms with Gasteiger partial charge in [0.1, 0.15) is 34.5 Å². The molecule has 426 valence electrons. The third-order valence-corrected chi connectivity index (χ3v) is 16.2. The van der Waals surface area contributed by atoms with Crippen LogP contribution >= 0.6 is 0 Å². The van der Waals surface area contributed by atoms with Crippen LogP contribution in [-0.2, 0) is 64.6 Å². The molecule has 0 saturated heterocycles. The topological polar surface area (TPSA) is 55.4 Å². The monoisotopic (exact) mass is 1070 g/mol. The van der Waals surface area contributed by atoms with Crippen LogP contribution in [0.5, 0.6) is 34.5 Å². The van der Waals surface area contributed by atoms with Crippen molar-refractivity contribution in [2.24, 2.45) is 0 Å². The van der Waals surface area contributed by atoms with Crippen molar-refractivity contribution in [3.63, 3.8) is 0 Å². The standard InChI is InChI=1S/C72H95FO6/c1-67(2,3)52-30-42-25-43-31-53(68(4,5)6)33-45(62(43)75-20)27-47-35-55(70(10,11)12)37-49(64(47)77-22)29-51-39-57(72(16,17)18)41-59(66(51)79-24)60(73)58-40-56(71(13,14)15)38-50(65(58)78-23)28-48-36-54(69(7,8)9)34-46(63(48)76-21)26-44(32-52)61(42)74-19/h30-41,60H,25-29H2,1-24H3. The molecular formula is C72H95FO6. The summed E-state index contributed by atoms with van der Waals surface area (Å²) in [5, 5.41) is 0. The largest absolute Gasteiger partial charge is 0.496 e. The minimum atomic E-state index is -1.62. The van der Waals surface area contributed by atoms with Crippen LogP contribution in [0, 0.1) is 0 Å². The van der Waals surface area contributed by atoms with E-state index in [0.717, 1.165) is 89.8 Å². The first-order chi connectivity index (χ1) is 36.5. The van der Waals surface area contributed by atoms with Crippen LogP contribution in [0.15, 0.2) is 72.8 Å². The molecule has 0 saturated carbocycles. The Hall–Kier alpha value is -5.95. The highest BCUT2D eigenvalue weighted by Gasteiger charge is 2.33. The number of fused-ring (bicyclic) bond motifs is 12. The van der Waals surface area contributed by atoms with E-state index < -0.39 is 6.17 Å². The summed E-state index contributed by atoms with van der Waals surface area (Å²) in [6.07, 6.45) is 0.895. The number of ether oxygens (including phenoxy) is 6. The Labute approximate surface area is 476 Å². The summed E-state index contributed by atoms with van der Waals surface area (Å²) in [5.41, 5.74) is 16.3. The number of rotatable bonds is 6. The predicted octanol–water partition coefficient (Wildman–Crippen LogP) is 17.8. The zero-order chi connectivity index (χ0) is 58.7. The summed E-state index contributed by atoms with van der Waals surface area (Å²) in [7, 11) is 10.4. The molecule has 0 radical (unpaired) electrons. The first kappa shape index (κ1) is 60.7. The highest BCUT2D eigenvalue weighted by molar-refractivity contribution is 5.62. The van der Waals surface area contributed by atoms with E-state index in [9.17, 15) is 0 Å². The van der Waals surface area contributed by atoms with Gasteiger partial charge in [-0.25, -0.2) is 4.39 Å². The Bertz CT molecular complexity index is 3010. The van der Waals surface area contributed by atoms with Crippen molar-refractivity contribution < 1.29 is 32.8 Å². The first-order valence-corrected chi connectivity index (χ1v) is 28.4. The molecule has 0 aliphatic heterocycles. The lowest BCUT2D eigenvalue weighted by atomic mass is 9.79. The molecule has 1 aliphatic carbocycles. The van der Waals surface area contributed by atoms with Gasteiger partial charge in [-0.15, -0.1) is 0 Å². The molecule has 0 aromatic heterocycles. The van der Waals surface area contributed by atoms with E-state index in [1.807, 2.05) is 12.1 Å². The Morgan fingerprint density at radius 1 is 0.253 bits per heavy atom. The Morgan fingerprint density at radius 2 is 0.392 bits per heavy atom. The van der Waals surface area contributed by atoms with Gasteiger partial charge in [0.2, 0.25) is 0 Å². The summed E-state index contributed by atoms with van der Waals surface area (Å²) in [5.74, 6) is 4.27. The van der Waals surface area contributed by atoms with Crippen molar-refractivity contribution in [2.75, 3.05) is 42.7 Å². The molecule has 6 aromatic carbocycles. The van der Waals surface area contributed by atoms with Gasteiger partial charge in [-0.1, -0.05) is 185 Å². The van der Waals surface area contributed by atoms with Crippen molar-refractivity contribution in [1.29, 1.82) is 0 Å². The number of hydrogen-bond acceptors (Lipinski definition) is 6. The second-order valence-electron chi connectivity index (χ2n) is 28.6. The molecule has 0 spiro atoms. The Kier molecular flexibility index (Phi) is 17.0. The smallest absolute Gasteiger partial charge is 0.157 e. The molecule has 6 aromatic rings. The van der Waals surface area contributed by atoms with Gasteiger partial charge in [-0.05, 0) is 134 Å². The third-order valence-electron chi connectivity index (χ3n) is 16.2. The number of methoxy groups -OCH3 is 6. The van der Waals surface area contributed by atoms with Crippen LogP contribution in [0.2, 0.25) is 0 Å². The Balaban J connectivity index is 1.68. The van der Waals surface area contributed by atoms with Crippen molar-refractivity contribution in [1.82, 2.24) is 0 Å². The molecule has 6 nitrogen and oxygen atoms in total. The van der Waals surface area contributed by atoms with Crippen LogP contribution in [-0.4, -0.2) is 42.7 Å². The summed E-state index contributed by atoms with van der Waals surface area (Å²) < 4.78 is 58.2. The van der Waals surface area contributed by atoms with Crippen LogP contribution < -0.4 is 28.4 Å². The lowest BCUT2D eigenvalue weighted by Crippen LogP contribution is -2.17. The first-order valence-electron chi connectivity index (χ1n) is 28.4. The van der Waals surface area contributed by atoms with Gasteiger partial charge in [0, 0.05) is 43.2 Å². The molecule has 0 N–H and O–H groups in total. The molecule has 0 unspecified atom stereocenters. The van der Waals surface area contributed by atoms with Gasteiger partial charge in [0.05, 0.1) is 42.7 Å². The van der Waals surface area contributed by atoms with Crippen LogP contribution in [0.1, 0.15) is 231 Å². The minimum absolute atomic E-state index is 0.186. The van der Waals surface area contributed by atoms with Crippen LogP contribution in [0.4, 0.5) is 4.39 Å². The highest BCUT2D eigenvalue weighted by Crippen LogP contribution is 2.48. The van der Waals surface area contributed by atoms with Gasteiger partial charge in [-0.3, -0.25) is 0 Å². The van der Waals surface area contributed by atoms with Gasteiger partial charge < -0.3 is 28.4 Å². The van der Waals surface area contributed by atoms with Crippen molar-refractivity contribution in [3.05, 3.63) is 173 Å². The molecule has 0 amide bonds.